The molecule has 11 nitrogen and oxygen atoms in total. The first-order valence-electron chi connectivity index (χ1n) is 12.2. The minimum absolute atomic E-state index is 0.0242. The lowest BCUT2D eigenvalue weighted by Gasteiger charge is -2.17. The second-order valence-corrected chi connectivity index (χ2v) is 9.17. The van der Waals surface area contributed by atoms with E-state index in [0.717, 1.165) is 12.1 Å². The Morgan fingerprint density at radius 3 is 1.74 bits per heavy atom. The summed E-state index contributed by atoms with van der Waals surface area (Å²) >= 11 is 0. The van der Waals surface area contributed by atoms with Gasteiger partial charge in [0.2, 0.25) is 0 Å². The molecule has 210 valence electrons. The van der Waals surface area contributed by atoms with Crippen LogP contribution >= 0.6 is 0 Å². The summed E-state index contributed by atoms with van der Waals surface area (Å²) in [6.45, 7) is 2.31. The van der Waals surface area contributed by atoms with Crippen LogP contribution in [0, 0.1) is 13.8 Å². The smallest absolute Gasteiger partial charge is 0.255 e. The molecule has 4 aromatic rings. The second kappa shape index (κ2) is 12.9. The van der Waals surface area contributed by atoms with Crippen LogP contribution in [0.2, 0.25) is 0 Å². The number of hydrogen-bond donors (Lipinski definition) is 9. The number of carbonyl (C=O) groups excluding carboxylic acids is 2. The van der Waals surface area contributed by atoms with Crippen molar-refractivity contribution in [3.8, 4) is 40.2 Å². The van der Waals surface area contributed by atoms with E-state index >= 15 is 0 Å². The maximum absolute atomic E-state index is 12.2. The molecule has 0 heterocycles. The lowest BCUT2D eigenvalue weighted by Crippen LogP contribution is -2.37. The fraction of sp³-hybridized carbons (Fsp3) is 0.0714. The van der Waals surface area contributed by atoms with Crippen molar-refractivity contribution < 1.29 is 45.3 Å². The highest BCUT2D eigenvalue weighted by Gasteiger charge is 2.17. The third-order valence-electron chi connectivity index (χ3n) is 6.08. The molecular weight excluding hydrogens is 541 g/mol. The normalized spacial score (nSPS) is 10.2. The van der Waals surface area contributed by atoms with Crippen LogP contribution in [0.3, 0.4) is 0 Å². The number of phenolic OH excluding ortho intramolecular Hbond substituents is 7. The summed E-state index contributed by atoms with van der Waals surface area (Å²) in [7, 11) is 11.4. The number of aryl methyl sites for hydroxylation is 1. The summed E-state index contributed by atoms with van der Waals surface area (Å²) in [5, 5.41) is 70.9. The minimum Gasteiger partial charge on any atom is -0.508 e. The van der Waals surface area contributed by atoms with Crippen molar-refractivity contribution in [1.29, 1.82) is 0 Å². The first-order chi connectivity index (χ1) is 19.7. The van der Waals surface area contributed by atoms with Crippen LogP contribution in [0.1, 0.15) is 31.8 Å². The Hall–Kier alpha value is -5.39. The van der Waals surface area contributed by atoms with E-state index in [1.165, 1.54) is 48.5 Å². The van der Waals surface area contributed by atoms with E-state index in [1.807, 2.05) is 0 Å². The average Bonchev–Trinajstić information content (AvgIpc) is 2.92. The monoisotopic (exact) mass is 566 g/mol. The number of anilines is 2. The zero-order chi connectivity index (χ0) is 31.3. The topological polar surface area (TPSA) is 200 Å². The Bertz CT molecular complexity index is 1640. The SMILES string of the molecule is Cc1cc(C(=O)Nc2ccc(O)c(O)c2)cc(O)c1O.[B]B([B])c1c(NC(=O)c2ccc(O)c(O)c2)ccc(O)c1C. The van der Waals surface area contributed by atoms with Crippen molar-refractivity contribution in [3.05, 3.63) is 82.9 Å². The molecule has 0 aliphatic rings. The second-order valence-electron chi connectivity index (χ2n) is 9.17. The first-order valence-corrected chi connectivity index (χ1v) is 12.2. The van der Waals surface area contributed by atoms with Crippen molar-refractivity contribution >= 4 is 50.6 Å². The number of aromatic hydroxyl groups is 7. The third kappa shape index (κ3) is 7.22. The predicted octanol–water partition coefficient (Wildman–Crippen LogP) is 2.47. The number of amides is 2. The number of benzene rings is 4. The summed E-state index contributed by atoms with van der Waals surface area (Å²) in [6, 6.07) is 13.0. The maximum atomic E-state index is 12.2. The maximum Gasteiger partial charge on any atom is 0.255 e. The summed E-state index contributed by atoms with van der Waals surface area (Å²) in [6.07, 6.45) is 0. The van der Waals surface area contributed by atoms with E-state index in [2.05, 4.69) is 10.6 Å². The van der Waals surface area contributed by atoms with Gasteiger partial charge in [-0.05, 0) is 79.6 Å². The van der Waals surface area contributed by atoms with Gasteiger partial charge in [0.15, 0.2) is 34.5 Å². The first kappa shape index (κ1) is 31.1. The van der Waals surface area contributed by atoms with E-state index in [0.29, 0.717) is 22.3 Å². The van der Waals surface area contributed by atoms with Gasteiger partial charge in [0, 0.05) is 44.0 Å². The van der Waals surface area contributed by atoms with Crippen LogP contribution in [-0.2, 0) is 0 Å². The highest BCUT2D eigenvalue weighted by Crippen LogP contribution is 2.31. The van der Waals surface area contributed by atoms with Gasteiger partial charge >= 0.3 is 0 Å². The van der Waals surface area contributed by atoms with Crippen LogP contribution in [0.4, 0.5) is 11.4 Å². The predicted molar refractivity (Wildman–Crippen MR) is 160 cm³/mol. The molecule has 2 amide bonds. The van der Waals surface area contributed by atoms with Crippen molar-refractivity contribution in [2.75, 3.05) is 10.6 Å². The van der Waals surface area contributed by atoms with E-state index < -0.39 is 24.1 Å². The molecule has 0 fully saturated rings. The largest absolute Gasteiger partial charge is 0.508 e. The van der Waals surface area contributed by atoms with Crippen molar-refractivity contribution in [1.82, 2.24) is 0 Å². The molecule has 0 spiro atoms. The van der Waals surface area contributed by atoms with Crippen LogP contribution in [0.25, 0.3) is 0 Å². The summed E-state index contributed by atoms with van der Waals surface area (Å²) in [5.41, 5.74) is 2.21. The van der Waals surface area contributed by atoms with Crippen LogP contribution in [0.5, 0.6) is 40.2 Å². The molecule has 0 atom stereocenters. The van der Waals surface area contributed by atoms with Gasteiger partial charge in [0.05, 0.1) is 6.49 Å². The molecule has 4 aromatic carbocycles. The van der Waals surface area contributed by atoms with Gasteiger partial charge in [0.1, 0.15) is 5.75 Å². The van der Waals surface area contributed by atoms with E-state index in [4.69, 9.17) is 15.5 Å². The number of rotatable bonds is 5. The van der Waals surface area contributed by atoms with Gasteiger partial charge in [-0.15, -0.1) is 0 Å². The lowest BCUT2D eigenvalue weighted by molar-refractivity contribution is 0.101. The zero-order valence-electron chi connectivity index (χ0n) is 22.5. The fourth-order valence-electron chi connectivity index (χ4n) is 3.81. The Morgan fingerprint density at radius 2 is 1.17 bits per heavy atom. The molecule has 0 saturated heterocycles. The average molecular weight is 566 g/mol. The molecular formula is C28H25B3N2O9. The number of hydrogen-bond acceptors (Lipinski definition) is 9. The Morgan fingerprint density at radius 1 is 0.619 bits per heavy atom. The van der Waals surface area contributed by atoms with Gasteiger partial charge in [0.25, 0.3) is 11.8 Å². The molecule has 0 bridgehead atoms. The van der Waals surface area contributed by atoms with E-state index in [1.54, 1.807) is 13.8 Å². The quantitative estimate of drug-likeness (QED) is 0.0990. The van der Waals surface area contributed by atoms with Gasteiger partial charge in [-0.1, -0.05) is 5.46 Å². The van der Waals surface area contributed by atoms with E-state index in [9.17, 15) is 45.3 Å². The lowest BCUT2D eigenvalue weighted by atomic mass is 9.16. The molecule has 0 aromatic heterocycles. The van der Waals surface area contributed by atoms with Gasteiger partial charge in [-0.3, -0.25) is 9.59 Å². The highest BCUT2D eigenvalue weighted by molar-refractivity contribution is 7.35. The van der Waals surface area contributed by atoms with Gasteiger partial charge < -0.3 is 46.4 Å². The molecule has 42 heavy (non-hydrogen) atoms. The Kier molecular flexibility index (Phi) is 9.53. The Balaban J connectivity index is 0.000000231. The van der Waals surface area contributed by atoms with Crippen molar-refractivity contribution in [2.24, 2.45) is 0 Å². The molecule has 0 unspecified atom stereocenters. The molecule has 9 N–H and O–H groups in total. The molecule has 0 aliphatic heterocycles. The van der Waals surface area contributed by atoms with Gasteiger partial charge in [-0.25, -0.2) is 0 Å². The minimum atomic E-state index is -0.879. The van der Waals surface area contributed by atoms with Gasteiger partial charge in [-0.2, -0.15) is 0 Å². The summed E-state index contributed by atoms with van der Waals surface area (Å²) < 4.78 is 0. The molecule has 14 heteroatoms. The number of phenols is 7. The molecule has 4 radical (unpaired) electrons. The summed E-state index contributed by atoms with van der Waals surface area (Å²) in [4.78, 5) is 24.2. The van der Waals surface area contributed by atoms with Crippen molar-refractivity contribution in [3.63, 3.8) is 0 Å². The number of carbonyl (C=O) groups is 2. The van der Waals surface area contributed by atoms with Crippen LogP contribution < -0.4 is 16.1 Å². The standard InChI is InChI=1S/C14H12B3NO4.C14H13NO5/c1-7-10(19)5-3-9(13(7)17(15)16)18-14(22)8-2-4-11(20)12(21)6-8;1-7-4-8(5-12(18)13(7)19)14(20)15-9-2-3-10(16)11(17)6-9/h2-6,19-21H,1H3,(H,18,22);2-6,16-19H,1H3,(H,15,20). The Labute approximate surface area is 243 Å². The van der Waals surface area contributed by atoms with Crippen LogP contribution in [0.15, 0.2) is 60.7 Å². The van der Waals surface area contributed by atoms with E-state index in [-0.39, 0.29) is 51.3 Å². The van der Waals surface area contributed by atoms with Crippen molar-refractivity contribution in [2.45, 2.75) is 13.8 Å². The molecule has 4 rings (SSSR count). The fourth-order valence-corrected chi connectivity index (χ4v) is 3.81. The number of nitrogens with one attached hydrogen (secondary N) is 2. The zero-order valence-corrected chi connectivity index (χ0v) is 22.5. The third-order valence-corrected chi connectivity index (χ3v) is 6.08. The molecule has 0 saturated carbocycles. The molecule has 0 aliphatic carbocycles. The van der Waals surface area contributed by atoms with Crippen LogP contribution in [-0.4, -0.2) is 69.5 Å². The summed E-state index contributed by atoms with van der Waals surface area (Å²) in [5.74, 6) is -3.03. The highest BCUT2D eigenvalue weighted by atomic mass is 16.3.